The van der Waals surface area contributed by atoms with E-state index in [0.717, 1.165) is 11.3 Å². The number of hydrogen-bond donors (Lipinski definition) is 1. The number of Topliss-reactive ketones (excluding diaryl/α,β-unsaturated/α-hetero) is 1. The molecular formula is C17H20N2O2. The van der Waals surface area contributed by atoms with Crippen LogP contribution in [0.4, 0.5) is 5.69 Å². The fourth-order valence-corrected chi connectivity index (χ4v) is 2.64. The molecule has 0 spiro atoms. The van der Waals surface area contributed by atoms with Crippen molar-refractivity contribution in [3.05, 3.63) is 35.0 Å². The number of nitrogens with one attached hydrogen (secondary N) is 1. The van der Waals surface area contributed by atoms with Crippen LogP contribution < -0.4 is 10.1 Å². The first-order chi connectivity index (χ1) is 9.86. The van der Waals surface area contributed by atoms with Gasteiger partial charge in [-0.05, 0) is 36.5 Å². The zero-order valence-electron chi connectivity index (χ0n) is 12.9. The van der Waals surface area contributed by atoms with E-state index in [2.05, 4.69) is 5.32 Å². The third-order valence-corrected chi connectivity index (χ3v) is 3.63. The van der Waals surface area contributed by atoms with E-state index >= 15 is 0 Å². The van der Waals surface area contributed by atoms with Crippen molar-refractivity contribution >= 4 is 11.5 Å². The highest BCUT2D eigenvalue weighted by molar-refractivity contribution is 6.01. The Bertz CT molecular complexity index is 651. The van der Waals surface area contributed by atoms with Crippen molar-refractivity contribution in [2.75, 3.05) is 12.4 Å². The Balaban J connectivity index is 2.43. The summed E-state index contributed by atoms with van der Waals surface area (Å²) in [6, 6.07) is 7.82. The van der Waals surface area contributed by atoms with Gasteiger partial charge in [0.05, 0.1) is 12.8 Å². The Hall–Kier alpha value is -2.28. The maximum atomic E-state index is 12.1. The van der Waals surface area contributed by atoms with Crippen molar-refractivity contribution in [1.82, 2.24) is 0 Å². The van der Waals surface area contributed by atoms with Gasteiger partial charge in [-0.1, -0.05) is 19.9 Å². The number of aryl methyl sites for hydroxylation is 1. The average Bonchev–Trinajstić information content (AvgIpc) is 2.37. The van der Waals surface area contributed by atoms with Crippen LogP contribution in [-0.4, -0.2) is 12.9 Å². The molecule has 0 saturated carbocycles. The molecule has 0 aromatic heterocycles. The number of ketones is 1. The second kappa shape index (κ2) is 5.61. The summed E-state index contributed by atoms with van der Waals surface area (Å²) < 4.78 is 5.34. The molecule has 1 aromatic rings. The number of carbonyl (C=O) groups excluding carboxylic acids is 1. The van der Waals surface area contributed by atoms with Gasteiger partial charge in [-0.2, -0.15) is 5.26 Å². The summed E-state index contributed by atoms with van der Waals surface area (Å²) in [5, 5.41) is 12.5. The van der Waals surface area contributed by atoms with Gasteiger partial charge in [-0.15, -0.1) is 0 Å². The number of methoxy groups -OCH3 is 1. The summed E-state index contributed by atoms with van der Waals surface area (Å²) >= 11 is 0. The standard InChI is InChI=1S/C17H20N2O2/c1-11-5-6-16(21-4)13(7-11)19-14-8-17(2,3)9-15(20)12(14)10-18/h5-7,19H,8-9H2,1-4H3. The van der Waals surface area contributed by atoms with Crippen LogP contribution in [0.2, 0.25) is 0 Å². The van der Waals surface area contributed by atoms with Crippen molar-refractivity contribution in [1.29, 1.82) is 5.26 Å². The van der Waals surface area contributed by atoms with Crippen LogP contribution in [0, 0.1) is 23.7 Å². The van der Waals surface area contributed by atoms with E-state index in [9.17, 15) is 10.1 Å². The van der Waals surface area contributed by atoms with Gasteiger partial charge < -0.3 is 10.1 Å². The molecule has 21 heavy (non-hydrogen) atoms. The van der Waals surface area contributed by atoms with Crippen LogP contribution >= 0.6 is 0 Å². The lowest BCUT2D eigenvalue weighted by Crippen LogP contribution is -2.28. The predicted molar refractivity (Wildman–Crippen MR) is 82.0 cm³/mol. The largest absolute Gasteiger partial charge is 0.495 e. The van der Waals surface area contributed by atoms with Crippen molar-refractivity contribution in [2.45, 2.75) is 33.6 Å². The number of benzene rings is 1. The lowest BCUT2D eigenvalue weighted by Gasteiger charge is -2.31. The molecule has 2 rings (SSSR count). The van der Waals surface area contributed by atoms with Crippen LogP contribution in [0.15, 0.2) is 29.5 Å². The van der Waals surface area contributed by atoms with Crippen molar-refractivity contribution in [3.8, 4) is 11.8 Å². The van der Waals surface area contributed by atoms with Crippen LogP contribution in [-0.2, 0) is 4.79 Å². The fraction of sp³-hybridized carbons (Fsp3) is 0.412. The summed E-state index contributed by atoms with van der Waals surface area (Å²) in [5.74, 6) is 0.601. The first kappa shape index (κ1) is 15.1. The first-order valence-electron chi connectivity index (χ1n) is 6.94. The Kier molecular flexibility index (Phi) is 4.04. The molecule has 0 radical (unpaired) electrons. The molecule has 1 aliphatic rings. The number of nitrogens with zero attached hydrogens (tertiary/aromatic N) is 1. The van der Waals surface area contributed by atoms with Gasteiger partial charge in [0.15, 0.2) is 5.78 Å². The Labute approximate surface area is 125 Å². The van der Waals surface area contributed by atoms with Crippen molar-refractivity contribution in [2.24, 2.45) is 5.41 Å². The number of hydrogen-bond acceptors (Lipinski definition) is 4. The van der Waals surface area contributed by atoms with E-state index in [-0.39, 0.29) is 16.8 Å². The van der Waals surface area contributed by atoms with E-state index < -0.39 is 0 Å². The van der Waals surface area contributed by atoms with Crippen LogP contribution in [0.3, 0.4) is 0 Å². The van der Waals surface area contributed by atoms with E-state index in [1.54, 1.807) is 7.11 Å². The number of rotatable bonds is 3. The molecule has 110 valence electrons. The number of nitriles is 1. The van der Waals surface area contributed by atoms with E-state index in [1.807, 2.05) is 45.0 Å². The molecule has 0 atom stereocenters. The van der Waals surface area contributed by atoms with Gasteiger partial charge in [-0.3, -0.25) is 4.79 Å². The monoisotopic (exact) mass is 284 g/mol. The van der Waals surface area contributed by atoms with Gasteiger partial charge in [0.2, 0.25) is 0 Å². The smallest absolute Gasteiger partial charge is 0.175 e. The average molecular weight is 284 g/mol. The topological polar surface area (TPSA) is 62.1 Å². The molecule has 1 N–H and O–H groups in total. The van der Waals surface area contributed by atoms with Gasteiger partial charge in [-0.25, -0.2) is 0 Å². The first-order valence-corrected chi connectivity index (χ1v) is 6.94. The lowest BCUT2D eigenvalue weighted by molar-refractivity contribution is -0.117. The van der Waals surface area contributed by atoms with Crippen molar-refractivity contribution in [3.63, 3.8) is 0 Å². The SMILES string of the molecule is COc1ccc(C)cc1NC1=C(C#N)C(=O)CC(C)(C)C1. The third kappa shape index (κ3) is 3.25. The molecule has 0 saturated heterocycles. The highest BCUT2D eigenvalue weighted by Crippen LogP contribution is 2.38. The Morgan fingerprint density at radius 2 is 2.05 bits per heavy atom. The van der Waals surface area contributed by atoms with Gasteiger partial charge in [0.1, 0.15) is 17.4 Å². The lowest BCUT2D eigenvalue weighted by atomic mass is 9.76. The van der Waals surface area contributed by atoms with Crippen LogP contribution in [0.1, 0.15) is 32.3 Å². The molecule has 0 bridgehead atoms. The van der Waals surface area contributed by atoms with Crippen molar-refractivity contribution < 1.29 is 9.53 Å². The minimum Gasteiger partial charge on any atom is -0.495 e. The van der Waals surface area contributed by atoms with E-state index in [0.29, 0.717) is 24.3 Å². The van der Waals surface area contributed by atoms with Crippen LogP contribution in [0.5, 0.6) is 5.75 Å². The molecule has 4 nitrogen and oxygen atoms in total. The van der Waals surface area contributed by atoms with Gasteiger partial charge in [0, 0.05) is 12.1 Å². The normalized spacial score (nSPS) is 17.4. The summed E-state index contributed by atoms with van der Waals surface area (Å²) in [6.45, 7) is 6.06. The number of allylic oxidation sites excluding steroid dienone is 2. The molecule has 4 heteroatoms. The number of carbonyl (C=O) groups is 1. The van der Waals surface area contributed by atoms with Gasteiger partial charge >= 0.3 is 0 Å². The molecule has 0 unspecified atom stereocenters. The summed E-state index contributed by atoms with van der Waals surface area (Å²) in [5.41, 5.74) is 2.64. The minimum absolute atomic E-state index is 0.0946. The molecule has 0 amide bonds. The molecule has 0 aliphatic heterocycles. The summed E-state index contributed by atoms with van der Waals surface area (Å²) in [7, 11) is 1.60. The number of ether oxygens (including phenoxy) is 1. The highest BCUT2D eigenvalue weighted by atomic mass is 16.5. The maximum Gasteiger partial charge on any atom is 0.175 e. The van der Waals surface area contributed by atoms with E-state index in [4.69, 9.17) is 4.74 Å². The summed E-state index contributed by atoms with van der Waals surface area (Å²) in [4.78, 5) is 12.1. The van der Waals surface area contributed by atoms with Gasteiger partial charge in [0.25, 0.3) is 0 Å². The number of anilines is 1. The minimum atomic E-state index is -0.142. The highest BCUT2D eigenvalue weighted by Gasteiger charge is 2.33. The molecule has 1 aliphatic carbocycles. The fourth-order valence-electron chi connectivity index (χ4n) is 2.64. The molecule has 0 heterocycles. The zero-order valence-corrected chi connectivity index (χ0v) is 12.9. The maximum absolute atomic E-state index is 12.1. The molecule has 0 fully saturated rings. The summed E-state index contributed by atoms with van der Waals surface area (Å²) in [6.07, 6.45) is 1.07. The zero-order chi connectivity index (χ0) is 15.6. The quantitative estimate of drug-likeness (QED) is 0.921. The second-order valence-electron chi connectivity index (χ2n) is 6.24. The third-order valence-electron chi connectivity index (χ3n) is 3.63. The molecule has 1 aromatic carbocycles. The molecular weight excluding hydrogens is 264 g/mol. The second-order valence-corrected chi connectivity index (χ2v) is 6.24. The Morgan fingerprint density at radius 1 is 1.33 bits per heavy atom. The predicted octanol–water partition coefficient (Wildman–Crippen LogP) is 3.58. The van der Waals surface area contributed by atoms with Crippen LogP contribution in [0.25, 0.3) is 0 Å². The Morgan fingerprint density at radius 3 is 2.67 bits per heavy atom. The van der Waals surface area contributed by atoms with E-state index in [1.165, 1.54) is 0 Å².